The van der Waals surface area contributed by atoms with Gasteiger partial charge in [0.25, 0.3) is 5.91 Å². The Morgan fingerprint density at radius 3 is 2.71 bits per heavy atom. The Hall–Kier alpha value is -2.68. The molecule has 0 aliphatic rings. The number of anilines is 2. The van der Waals surface area contributed by atoms with Crippen LogP contribution in [0.25, 0.3) is 0 Å². The minimum Gasteiger partial charge on any atom is -0.398 e. The minimum absolute atomic E-state index is 0.0648. The van der Waals surface area contributed by atoms with E-state index in [0.717, 1.165) is 5.56 Å². The van der Waals surface area contributed by atoms with E-state index in [1.54, 1.807) is 24.3 Å². The van der Waals surface area contributed by atoms with Crippen LogP contribution in [0.2, 0.25) is 10.0 Å². The lowest BCUT2D eigenvalue weighted by atomic mass is 10.2. The van der Waals surface area contributed by atoms with Gasteiger partial charge in [-0.1, -0.05) is 35.3 Å². The number of benzene rings is 2. The Labute approximate surface area is 149 Å². The number of halogens is 2. The molecule has 4 N–H and O–H groups in total. The van der Waals surface area contributed by atoms with Crippen LogP contribution in [-0.4, -0.2) is 5.91 Å². The zero-order chi connectivity index (χ0) is 17.5. The molecule has 2 aromatic carbocycles. The summed E-state index contributed by atoms with van der Waals surface area (Å²) in [4.78, 5) is 12.1. The maximum atomic E-state index is 12.1. The van der Waals surface area contributed by atoms with Gasteiger partial charge in [-0.15, -0.1) is 0 Å². The zero-order valence-corrected chi connectivity index (χ0v) is 14.0. The SMILES string of the molecule is N#C/C(=C/NCc1cccc(Cl)c1)C(=O)Nc1ccc(N)c(Cl)c1. The molecule has 0 aliphatic heterocycles. The van der Waals surface area contributed by atoms with E-state index in [-0.39, 0.29) is 5.57 Å². The summed E-state index contributed by atoms with van der Waals surface area (Å²) in [7, 11) is 0. The first-order chi connectivity index (χ1) is 11.5. The molecule has 24 heavy (non-hydrogen) atoms. The maximum Gasteiger partial charge on any atom is 0.267 e. The van der Waals surface area contributed by atoms with Crippen molar-refractivity contribution in [1.29, 1.82) is 5.26 Å². The summed E-state index contributed by atoms with van der Waals surface area (Å²) in [6.45, 7) is 0.437. The number of nitriles is 1. The topological polar surface area (TPSA) is 90.9 Å². The second-order valence-corrected chi connectivity index (χ2v) is 5.71. The molecule has 1 amide bonds. The zero-order valence-electron chi connectivity index (χ0n) is 12.5. The Kier molecular flexibility index (Phi) is 6.07. The van der Waals surface area contributed by atoms with Gasteiger partial charge in [0.2, 0.25) is 0 Å². The van der Waals surface area contributed by atoms with Gasteiger partial charge in [-0.25, -0.2) is 0 Å². The molecular weight excluding hydrogens is 347 g/mol. The summed E-state index contributed by atoms with van der Waals surface area (Å²) in [5.74, 6) is -0.545. The predicted molar refractivity (Wildman–Crippen MR) is 96.5 cm³/mol. The molecule has 5 nitrogen and oxygen atoms in total. The Morgan fingerprint density at radius 1 is 1.25 bits per heavy atom. The second kappa shape index (κ2) is 8.25. The molecular formula is C17H14Cl2N4O. The summed E-state index contributed by atoms with van der Waals surface area (Å²) in [5, 5.41) is 15.6. The van der Waals surface area contributed by atoms with Crippen molar-refractivity contribution in [2.24, 2.45) is 0 Å². The Balaban J connectivity index is 2.00. The average Bonchev–Trinajstić information content (AvgIpc) is 2.55. The molecule has 0 unspecified atom stereocenters. The molecule has 2 aromatic rings. The van der Waals surface area contributed by atoms with Crippen LogP contribution in [0.15, 0.2) is 54.2 Å². The number of amides is 1. The number of nitrogens with one attached hydrogen (secondary N) is 2. The van der Waals surface area contributed by atoms with Gasteiger partial charge in [-0.2, -0.15) is 5.26 Å². The number of rotatable bonds is 5. The Bertz CT molecular complexity index is 828. The lowest BCUT2D eigenvalue weighted by Crippen LogP contribution is -2.16. The lowest BCUT2D eigenvalue weighted by Gasteiger charge is -2.07. The highest BCUT2D eigenvalue weighted by Crippen LogP contribution is 2.22. The van der Waals surface area contributed by atoms with Crippen LogP contribution < -0.4 is 16.4 Å². The van der Waals surface area contributed by atoms with E-state index in [1.807, 2.05) is 18.2 Å². The molecule has 0 saturated heterocycles. The van der Waals surface area contributed by atoms with Crippen LogP contribution in [0, 0.1) is 11.3 Å². The van der Waals surface area contributed by atoms with Crippen LogP contribution in [-0.2, 0) is 11.3 Å². The third-order valence-corrected chi connectivity index (χ3v) is 3.63. The van der Waals surface area contributed by atoms with E-state index in [1.165, 1.54) is 12.3 Å². The van der Waals surface area contributed by atoms with E-state index in [4.69, 9.17) is 34.2 Å². The lowest BCUT2D eigenvalue weighted by molar-refractivity contribution is -0.112. The molecule has 0 spiro atoms. The summed E-state index contributed by atoms with van der Waals surface area (Å²) in [6.07, 6.45) is 1.36. The van der Waals surface area contributed by atoms with E-state index in [0.29, 0.717) is 28.0 Å². The van der Waals surface area contributed by atoms with E-state index in [2.05, 4.69) is 10.6 Å². The van der Waals surface area contributed by atoms with Crippen LogP contribution in [0.5, 0.6) is 0 Å². The summed E-state index contributed by atoms with van der Waals surface area (Å²) in [5.41, 5.74) is 7.34. The summed E-state index contributed by atoms with van der Waals surface area (Å²) >= 11 is 11.8. The molecule has 0 aliphatic carbocycles. The van der Waals surface area contributed by atoms with Crippen LogP contribution in [0.4, 0.5) is 11.4 Å². The van der Waals surface area contributed by atoms with Gasteiger partial charge in [0, 0.05) is 23.5 Å². The van der Waals surface area contributed by atoms with Gasteiger partial charge in [0.1, 0.15) is 11.6 Å². The number of hydrogen-bond acceptors (Lipinski definition) is 4. The fourth-order valence-electron chi connectivity index (χ4n) is 1.87. The first-order valence-corrected chi connectivity index (χ1v) is 7.69. The van der Waals surface area contributed by atoms with Crippen molar-refractivity contribution in [2.75, 3.05) is 11.1 Å². The van der Waals surface area contributed by atoms with Gasteiger partial charge in [-0.3, -0.25) is 4.79 Å². The highest BCUT2D eigenvalue weighted by molar-refractivity contribution is 6.33. The molecule has 0 heterocycles. The predicted octanol–water partition coefficient (Wildman–Crippen LogP) is 3.71. The molecule has 122 valence electrons. The van der Waals surface area contributed by atoms with E-state index in [9.17, 15) is 4.79 Å². The van der Waals surface area contributed by atoms with Crippen molar-refractivity contribution in [2.45, 2.75) is 6.54 Å². The van der Waals surface area contributed by atoms with Crippen molar-refractivity contribution < 1.29 is 4.79 Å². The van der Waals surface area contributed by atoms with E-state index < -0.39 is 5.91 Å². The molecule has 2 rings (SSSR count). The van der Waals surface area contributed by atoms with Crippen LogP contribution >= 0.6 is 23.2 Å². The second-order valence-electron chi connectivity index (χ2n) is 4.87. The molecule has 0 atom stereocenters. The number of nitrogen functional groups attached to an aromatic ring is 1. The average molecular weight is 361 g/mol. The minimum atomic E-state index is -0.545. The van der Waals surface area contributed by atoms with Gasteiger partial charge in [0.15, 0.2) is 0 Å². The van der Waals surface area contributed by atoms with Gasteiger partial charge in [-0.05, 0) is 35.9 Å². The first-order valence-electron chi connectivity index (χ1n) is 6.94. The van der Waals surface area contributed by atoms with Crippen molar-refractivity contribution in [1.82, 2.24) is 5.32 Å². The summed E-state index contributed by atoms with van der Waals surface area (Å²) < 4.78 is 0. The van der Waals surface area contributed by atoms with Crippen molar-refractivity contribution in [3.63, 3.8) is 0 Å². The van der Waals surface area contributed by atoms with Gasteiger partial charge in [0.05, 0.1) is 10.7 Å². The molecule has 0 bridgehead atoms. The van der Waals surface area contributed by atoms with Crippen molar-refractivity contribution >= 4 is 40.5 Å². The quantitative estimate of drug-likeness (QED) is 0.430. The fraction of sp³-hybridized carbons (Fsp3) is 0.0588. The standard InChI is InChI=1S/C17H14Cl2N4O/c18-13-3-1-2-11(6-13)9-22-10-12(8-20)17(24)23-14-4-5-16(21)15(19)7-14/h1-7,10,22H,9,21H2,(H,23,24)/b12-10-. The number of carbonyl (C=O) groups excluding carboxylic acids is 1. The number of nitrogens with zero attached hydrogens (tertiary/aromatic N) is 1. The molecule has 0 saturated carbocycles. The van der Waals surface area contributed by atoms with Crippen LogP contribution in [0.3, 0.4) is 0 Å². The molecule has 0 aromatic heterocycles. The monoisotopic (exact) mass is 360 g/mol. The largest absolute Gasteiger partial charge is 0.398 e. The third kappa shape index (κ3) is 4.92. The third-order valence-electron chi connectivity index (χ3n) is 3.07. The highest BCUT2D eigenvalue weighted by Gasteiger charge is 2.10. The molecule has 0 fully saturated rings. The number of hydrogen-bond donors (Lipinski definition) is 3. The van der Waals surface area contributed by atoms with Crippen molar-refractivity contribution in [3.05, 3.63) is 69.8 Å². The summed E-state index contributed by atoms with van der Waals surface area (Å²) in [6, 6.07) is 13.8. The maximum absolute atomic E-state index is 12.1. The highest BCUT2D eigenvalue weighted by atomic mass is 35.5. The number of nitrogens with two attached hydrogens (primary N) is 1. The fourth-order valence-corrected chi connectivity index (χ4v) is 2.26. The normalized spacial score (nSPS) is 10.8. The van der Waals surface area contributed by atoms with E-state index >= 15 is 0 Å². The molecule has 7 heteroatoms. The van der Waals surface area contributed by atoms with Crippen molar-refractivity contribution in [3.8, 4) is 6.07 Å². The van der Waals surface area contributed by atoms with Gasteiger partial charge >= 0.3 is 0 Å². The number of carbonyl (C=O) groups is 1. The van der Waals surface area contributed by atoms with Crippen LogP contribution in [0.1, 0.15) is 5.56 Å². The smallest absolute Gasteiger partial charge is 0.267 e. The molecule has 0 radical (unpaired) electrons. The van der Waals surface area contributed by atoms with Gasteiger partial charge < -0.3 is 16.4 Å². The Morgan fingerprint density at radius 2 is 2.04 bits per heavy atom. The first kappa shape index (κ1) is 17.7.